The highest BCUT2D eigenvalue weighted by molar-refractivity contribution is 7.89. The summed E-state index contributed by atoms with van der Waals surface area (Å²) in [5.41, 5.74) is 2.00. The number of piperazine rings is 1. The fourth-order valence-electron chi connectivity index (χ4n) is 4.37. The second-order valence-electron chi connectivity index (χ2n) is 8.36. The van der Waals surface area contributed by atoms with E-state index in [2.05, 4.69) is 4.90 Å². The van der Waals surface area contributed by atoms with Gasteiger partial charge in [0.15, 0.2) is 0 Å². The minimum Gasteiger partial charge on any atom is -0.301 e. The molecule has 1 aliphatic heterocycles. The Labute approximate surface area is 194 Å². The van der Waals surface area contributed by atoms with Crippen LogP contribution < -0.4 is 0 Å². The third kappa shape index (κ3) is 5.85. The molecule has 7 heteroatoms. The molecule has 3 aromatic carbocycles. The summed E-state index contributed by atoms with van der Waals surface area (Å²) in [7, 11) is -3.45. The van der Waals surface area contributed by atoms with Gasteiger partial charge in [-0.2, -0.15) is 4.31 Å². The Morgan fingerprint density at radius 3 is 1.76 bits per heavy atom. The molecule has 0 aromatic heterocycles. The molecule has 33 heavy (non-hydrogen) atoms. The van der Waals surface area contributed by atoms with Gasteiger partial charge < -0.3 is 4.90 Å². The van der Waals surface area contributed by atoms with E-state index in [1.165, 1.54) is 24.3 Å². The Morgan fingerprint density at radius 1 is 0.727 bits per heavy atom. The Balaban J connectivity index is 1.34. The molecule has 0 radical (unpaired) electrons. The normalized spacial score (nSPS) is 15.7. The zero-order chi connectivity index (χ0) is 23.3. The van der Waals surface area contributed by atoms with Gasteiger partial charge in [-0.15, -0.1) is 0 Å². The number of nitrogens with zero attached hydrogens (tertiary/aromatic N) is 2. The van der Waals surface area contributed by atoms with Crippen molar-refractivity contribution in [3.05, 3.63) is 102 Å². The van der Waals surface area contributed by atoms with Crippen molar-refractivity contribution >= 4 is 10.0 Å². The van der Waals surface area contributed by atoms with E-state index in [9.17, 15) is 17.2 Å². The third-order valence-corrected chi connectivity index (χ3v) is 8.14. The van der Waals surface area contributed by atoms with Crippen LogP contribution >= 0.6 is 0 Å². The molecule has 0 saturated carbocycles. The molecule has 4 rings (SSSR count). The van der Waals surface area contributed by atoms with Crippen LogP contribution in [0.15, 0.2) is 83.8 Å². The highest BCUT2D eigenvalue weighted by atomic mass is 32.2. The van der Waals surface area contributed by atoms with Gasteiger partial charge in [-0.05, 0) is 66.9 Å². The monoisotopic (exact) mass is 470 g/mol. The summed E-state index contributed by atoms with van der Waals surface area (Å²) in [6.07, 6.45) is 1.73. The first-order chi connectivity index (χ1) is 15.9. The Bertz CT molecular complexity index is 1080. The van der Waals surface area contributed by atoms with Gasteiger partial charge in [-0.25, -0.2) is 17.2 Å². The molecule has 1 heterocycles. The summed E-state index contributed by atoms with van der Waals surface area (Å²) in [6.45, 7) is 3.15. The van der Waals surface area contributed by atoms with E-state index < -0.39 is 10.0 Å². The van der Waals surface area contributed by atoms with E-state index in [0.717, 1.165) is 30.5 Å². The van der Waals surface area contributed by atoms with Crippen molar-refractivity contribution in [2.75, 3.05) is 32.7 Å². The molecule has 174 valence electrons. The van der Waals surface area contributed by atoms with Crippen LogP contribution in [0, 0.1) is 11.6 Å². The Kier molecular flexibility index (Phi) is 7.53. The Morgan fingerprint density at radius 2 is 1.24 bits per heavy atom. The van der Waals surface area contributed by atoms with E-state index >= 15 is 0 Å². The first kappa shape index (κ1) is 23.5. The van der Waals surface area contributed by atoms with Crippen molar-refractivity contribution in [2.45, 2.75) is 23.7 Å². The molecule has 0 atom stereocenters. The van der Waals surface area contributed by atoms with Crippen LogP contribution in [0.3, 0.4) is 0 Å². The SMILES string of the molecule is O=S(=O)(c1ccccc1)N1CCN(CCCC(c2ccc(F)cc2)c2ccc(F)cc2)CC1. The summed E-state index contributed by atoms with van der Waals surface area (Å²) in [5, 5.41) is 0. The predicted octanol–water partition coefficient (Wildman–Crippen LogP) is 4.88. The highest BCUT2D eigenvalue weighted by Gasteiger charge is 2.28. The first-order valence-electron chi connectivity index (χ1n) is 11.2. The lowest BCUT2D eigenvalue weighted by molar-refractivity contribution is 0.185. The van der Waals surface area contributed by atoms with Crippen LogP contribution in [0.4, 0.5) is 8.78 Å². The average Bonchev–Trinajstić information content (AvgIpc) is 2.84. The van der Waals surface area contributed by atoms with Gasteiger partial charge in [0, 0.05) is 32.1 Å². The fraction of sp³-hybridized carbons (Fsp3) is 0.308. The standard InChI is InChI=1S/C26H28F2N2O2S/c27-23-12-8-21(9-13-23)26(22-10-14-24(28)15-11-22)7-4-16-29-17-19-30(20-18-29)33(31,32)25-5-2-1-3-6-25/h1-3,5-6,8-15,26H,4,7,16-20H2. The van der Waals surface area contributed by atoms with Crippen LogP contribution in [0.25, 0.3) is 0 Å². The maximum atomic E-state index is 13.4. The molecular formula is C26H28F2N2O2S. The molecule has 1 fully saturated rings. The number of rotatable bonds is 8. The lowest BCUT2D eigenvalue weighted by Crippen LogP contribution is -2.48. The van der Waals surface area contributed by atoms with Crippen molar-refractivity contribution in [3.63, 3.8) is 0 Å². The molecule has 0 aliphatic carbocycles. The summed E-state index contributed by atoms with van der Waals surface area (Å²) in [4.78, 5) is 2.61. The summed E-state index contributed by atoms with van der Waals surface area (Å²) in [5.74, 6) is -0.509. The molecule has 4 nitrogen and oxygen atoms in total. The van der Waals surface area contributed by atoms with Gasteiger partial charge >= 0.3 is 0 Å². The molecule has 0 bridgehead atoms. The molecular weight excluding hydrogens is 442 g/mol. The molecule has 0 unspecified atom stereocenters. The van der Waals surface area contributed by atoms with Gasteiger partial charge in [0.05, 0.1) is 4.90 Å². The van der Waals surface area contributed by atoms with E-state index in [1.54, 1.807) is 52.8 Å². The average molecular weight is 471 g/mol. The largest absolute Gasteiger partial charge is 0.301 e. The third-order valence-electron chi connectivity index (χ3n) is 6.22. The quantitative estimate of drug-likeness (QED) is 0.471. The molecule has 1 saturated heterocycles. The van der Waals surface area contributed by atoms with Gasteiger partial charge in [-0.1, -0.05) is 42.5 Å². The zero-order valence-corrected chi connectivity index (χ0v) is 19.2. The van der Waals surface area contributed by atoms with Crippen LogP contribution in [0.2, 0.25) is 0 Å². The summed E-state index contributed by atoms with van der Waals surface area (Å²) in [6, 6.07) is 21.5. The zero-order valence-electron chi connectivity index (χ0n) is 18.4. The predicted molar refractivity (Wildman–Crippen MR) is 126 cm³/mol. The van der Waals surface area contributed by atoms with Crippen LogP contribution in [-0.4, -0.2) is 50.3 Å². The second-order valence-corrected chi connectivity index (χ2v) is 10.3. The maximum absolute atomic E-state index is 13.4. The Hall–Kier alpha value is -2.61. The molecule has 3 aromatic rings. The van der Waals surface area contributed by atoms with Crippen molar-refractivity contribution < 1.29 is 17.2 Å². The second kappa shape index (κ2) is 10.5. The minimum atomic E-state index is -3.45. The van der Waals surface area contributed by atoms with E-state index in [-0.39, 0.29) is 17.6 Å². The lowest BCUT2D eigenvalue weighted by Gasteiger charge is -2.34. The first-order valence-corrected chi connectivity index (χ1v) is 12.7. The van der Waals surface area contributed by atoms with Crippen molar-refractivity contribution in [3.8, 4) is 0 Å². The number of sulfonamides is 1. The highest BCUT2D eigenvalue weighted by Crippen LogP contribution is 2.30. The number of hydrogen-bond donors (Lipinski definition) is 0. The number of hydrogen-bond acceptors (Lipinski definition) is 3. The van der Waals surface area contributed by atoms with Gasteiger partial charge in [0.1, 0.15) is 11.6 Å². The van der Waals surface area contributed by atoms with Gasteiger partial charge in [-0.3, -0.25) is 0 Å². The van der Waals surface area contributed by atoms with Crippen molar-refractivity contribution in [2.24, 2.45) is 0 Å². The van der Waals surface area contributed by atoms with Crippen LogP contribution in [0.1, 0.15) is 29.9 Å². The topological polar surface area (TPSA) is 40.6 Å². The molecule has 0 amide bonds. The lowest BCUT2D eigenvalue weighted by atomic mass is 9.87. The minimum absolute atomic E-state index is 0.0472. The smallest absolute Gasteiger partial charge is 0.243 e. The van der Waals surface area contributed by atoms with Crippen molar-refractivity contribution in [1.29, 1.82) is 0 Å². The van der Waals surface area contributed by atoms with Crippen LogP contribution in [0.5, 0.6) is 0 Å². The van der Waals surface area contributed by atoms with E-state index in [0.29, 0.717) is 31.1 Å². The van der Waals surface area contributed by atoms with Gasteiger partial charge in [0.25, 0.3) is 0 Å². The van der Waals surface area contributed by atoms with E-state index in [1.807, 2.05) is 6.07 Å². The van der Waals surface area contributed by atoms with Crippen LogP contribution in [-0.2, 0) is 10.0 Å². The molecule has 0 spiro atoms. The van der Waals surface area contributed by atoms with Crippen molar-refractivity contribution in [1.82, 2.24) is 9.21 Å². The fourth-order valence-corrected chi connectivity index (χ4v) is 5.81. The number of benzene rings is 3. The summed E-state index contributed by atoms with van der Waals surface area (Å²) < 4.78 is 54.0. The molecule has 1 aliphatic rings. The maximum Gasteiger partial charge on any atom is 0.243 e. The van der Waals surface area contributed by atoms with Gasteiger partial charge in [0.2, 0.25) is 10.0 Å². The number of halogens is 2. The van der Waals surface area contributed by atoms with E-state index in [4.69, 9.17) is 0 Å². The molecule has 0 N–H and O–H groups in total. The summed E-state index contributed by atoms with van der Waals surface area (Å²) >= 11 is 0.